The molecule has 1 heterocycles. The maximum Gasteiger partial charge on any atom is 0.180 e. The van der Waals surface area contributed by atoms with Gasteiger partial charge in [-0.3, -0.25) is 4.79 Å². The second kappa shape index (κ2) is 6.60. The van der Waals surface area contributed by atoms with E-state index in [9.17, 15) is 4.79 Å². The van der Waals surface area contributed by atoms with Gasteiger partial charge in [0.25, 0.3) is 0 Å². The maximum atomic E-state index is 12.5. The minimum absolute atomic E-state index is 0.0152. The Hall–Kier alpha value is -2.81. The van der Waals surface area contributed by atoms with Crippen molar-refractivity contribution in [3.8, 4) is 5.75 Å². The number of rotatable bonds is 4. The Morgan fingerprint density at radius 3 is 2.40 bits per heavy atom. The van der Waals surface area contributed by atoms with Crippen molar-refractivity contribution in [2.75, 3.05) is 19.1 Å². The number of methoxy groups -OCH3 is 1. The first-order valence-corrected chi connectivity index (χ1v) is 8.35. The number of carbonyl (C=O) groups excluding carboxylic acids is 1. The molecule has 0 amide bonds. The van der Waals surface area contributed by atoms with Gasteiger partial charge >= 0.3 is 0 Å². The molecule has 1 aliphatic rings. The molecule has 2 aromatic carbocycles. The Morgan fingerprint density at radius 1 is 1.08 bits per heavy atom. The van der Waals surface area contributed by atoms with Gasteiger partial charge in [0.2, 0.25) is 0 Å². The highest BCUT2D eigenvalue weighted by atomic mass is 16.5. The molecular weight excluding hydrogens is 310 g/mol. The van der Waals surface area contributed by atoms with Gasteiger partial charge in [-0.25, -0.2) is 0 Å². The van der Waals surface area contributed by atoms with E-state index in [0.717, 1.165) is 22.7 Å². The standard InChI is InChI=1S/C22H23NO2/c1-22(2)19-7-5-6-8-20(19)23(3)21(22)15-17(24)12-9-16-10-13-18(25-4)14-11-16/h5-15H,1-4H3. The van der Waals surface area contributed by atoms with Crippen molar-refractivity contribution in [3.63, 3.8) is 0 Å². The van der Waals surface area contributed by atoms with Crippen LogP contribution in [0.4, 0.5) is 5.69 Å². The molecule has 0 N–H and O–H groups in total. The molecule has 0 radical (unpaired) electrons. The van der Waals surface area contributed by atoms with Gasteiger partial charge in [-0.05, 0) is 35.4 Å². The summed E-state index contributed by atoms with van der Waals surface area (Å²) in [5.74, 6) is 0.788. The van der Waals surface area contributed by atoms with Crippen molar-refractivity contribution in [1.82, 2.24) is 0 Å². The average molecular weight is 333 g/mol. The molecule has 3 nitrogen and oxygen atoms in total. The molecule has 0 spiro atoms. The lowest BCUT2D eigenvalue weighted by atomic mass is 9.83. The average Bonchev–Trinajstić information content (AvgIpc) is 2.82. The Balaban J connectivity index is 1.82. The van der Waals surface area contributed by atoms with Gasteiger partial charge in [0.1, 0.15) is 5.75 Å². The monoisotopic (exact) mass is 333 g/mol. The van der Waals surface area contributed by atoms with Gasteiger partial charge in [0, 0.05) is 29.9 Å². The van der Waals surface area contributed by atoms with Crippen molar-refractivity contribution < 1.29 is 9.53 Å². The summed E-state index contributed by atoms with van der Waals surface area (Å²) in [4.78, 5) is 14.6. The summed E-state index contributed by atoms with van der Waals surface area (Å²) in [5.41, 5.74) is 4.20. The molecule has 3 heteroatoms. The molecule has 0 atom stereocenters. The third kappa shape index (κ3) is 3.22. The largest absolute Gasteiger partial charge is 0.497 e. The SMILES string of the molecule is COc1ccc(C=CC(=O)C=C2N(C)c3ccccc3C2(C)C)cc1. The van der Waals surface area contributed by atoms with Crippen LogP contribution in [0, 0.1) is 0 Å². The van der Waals surface area contributed by atoms with Crippen LogP contribution in [-0.4, -0.2) is 19.9 Å². The zero-order valence-electron chi connectivity index (χ0n) is 15.1. The molecule has 0 aliphatic carbocycles. The fourth-order valence-electron chi connectivity index (χ4n) is 3.34. The summed E-state index contributed by atoms with van der Waals surface area (Å²) < 4.78 is 5.14. The normalized spacial score (nSPS) is 17.1. The molecule has 128 valence electrons. The van der Waals surface area contributed by atoms with Gasteiger partial charge in [-0.1, -0.05) is 50.3 Å². The number of ketones is 1. The predicted octanol–water partition coefficient (Wildman–Crippen LogP) is 4.59. The minimum atomic E-state index is -0.186. The molecule has 0 saturated carbocycles. The van der Waals surface area contributed by atoms with E-state index in [1.807, 2.05) is 49.5 Å². The van der Waals surface area contributed by atoms with Crippen LogP contribution in [0.25, 0.3) is 6.08 Å². The molecule has 0 aromatic heterocycles. The molecule has 0 fully saturated rings. The van der Waals surface area contributed by atoms with E-state index in [1.165, 1.54) is 5.56 Å². The second-order valence-corrected chi connectivity index (χ2v) is 6.74. The number of fused-ring (bicyclic) bond motifs is 1. The fraction of sp³-hybridized carbons (Fsp3) is 0.227. The third-order valence-corrected chi connectivity index (χ3v) is 4.78. The first-order chi connectivity index (χ1) is 11.9. The number of nitrogens with zero attached hydrogens (tertiary/aromatic N) is 1. The maximum absolute atomic E-state index is 12.5. The number of likely N-dealkylation sites (N-methyl/N-ethyl adjacent to an activating group) is 1. The van der Waals surface area contributed by atoms with Crippen LogP contribution in [0.15, 0.2) is 66.4 Å². The van der Waals surface area contributed by atoms with Crippen LogP contribution >= 0.6 is 0 Å². The Labute approximate surface area is 149 Å². The van der Waals surface area contributed by atoms with E-state index in [4.69, 9.17) is 4.74 Å². The number of hydrogen-bond acceptors (Lipinski definition) is 3. The first-order valence-electron chi connectivity index (χ1n) is 8.35. The number of ether oxygens (including phenoxy) is 1. The number of anilines is 1. The second-order valence-electron chi connectivity index (χ2n) is 6.74. The predicted molar refractivity (Wildman–Crippen MR) is 103 cm³/mol. The fourth-order valence-corrected chi connectivity index (χ4v) is 3.34. The van der Waals surface area contributed by atoms with Crippen molar-refractivity contribution in [1.29, 1.82) is 0 Å². The van der Waals surface area contributed by atoms with E-state index in [1.54, 1.807) is 19.3 Å². The number of allylic oxidation sites excluding steroid dienone is 3. The minimum Gasteiger partial charge on any atom is -0.497 e. The van der Waals surface area contributed by atoms with Gasteiger partial charge in [0.15, 0.2) is 5.78 Å². The van der Waals surface area contributed by atoms with Gasteiger partial charge in [-0.15, -0.1) is 0 Å². The Morgan fingerprint density at radius 2 is 1.76 bits per heavy atom. The van der Waals surface area contributed by atoms with Gasteiger partial charge in [0.05, 0.1) is 7.11 Å². The lowest BCUT2D eigenvalue weighted by molar-refractivity contribution is -0.110. The highest BCUT2D eigenvalue weighted by Gasteiger charge is 2.38. The summed E-state index contributed by atoms with van der Waals surface area (Å²) in [7, 11) is 3.65. The van der Waals surface area contributed by atoms with Gasteiger partial charge in [-0.2, -0.15) is 0 Å². The summed E-state index contributed by atoms with van der Waals surface area (Å²) >= 11 is 0. The Bertz CT molecular complexity index is 845. The molecule has 25 heavy (non-hydrogen) atoms. The summed E-state index contributed by atoms with van der Waals surface area (Å²) in [6.45, 7) is 4.31. The highest BCUT2D eigenvalue weighted by Crippen LogP contribution is 2.46. The van der Waals surface area contributed by atoms with Crippen LogP contribution in [-0.2, 0) is 10.2 Å². The number of para-hydroxylation sites is 1. The zero-order chi connectivity index (χ0) is 18.0. The lowest BCUT2D eigenvalue weighted by Crippen LogP contribution is -2.23. The smallest absolute Gasteiger partial charge is 0.180 e. The summed E-state index contributed by atoms with van der Waals surface area (Å²) in [6.07, 6.45) is 5.18. The first kappa shape index (κ1) is 17.0. The van der Waals surface area contributed by atoms with E-state index in [2.05, 4.69) is 30.9 Å². The van der Waals surface area contributed by atoms with Crippen molar-refractivity contribution in [2.24, 2.45) is 0 Å². The molecule has 1 aliphatic heterocycles. The molecular formula is C22H23NO2. The topological polar surface area (TPSA) is 29.5 Å². The van der Waals surface area contributed by atoms with Crippen LogP contribution in [0.1, 0.15) is 25.0 Å². The quantitative estimate of drug-likeness (QED) is 0.767. The molecule has 0 bridgehead atoms. The van der Waals surface area contributed by atoms with Crippen molar-refractivity contribution in [2.45, 2.75) is 19.3 Å². The summed E-state index contributed by atoms with van der Waals surface area (Å²) in [6, 6.07) is 15.9. The van der Waals surface area contributed by atoms with Crippen molar-refractivity contribution in [3.05, 3.63) is 77.5 Å². The molecule has 0 saturated heterocycles. The summed E-state index contributed by atoms with van der Waals surface area (Å²) in [5, 5.41) is 0. The van der Waals surface area contributed by atoms with Crippen LogP contribution < -0.4 is 9.64 Å². The van der Waals surface area contributed by atoms with E-state index < -0.39 is 0 Å². The number of carbonyl (C=O) groups is 1. The van der Waals surface area contributed by atoms with E-state index in [0.29, 0.717) is 0 Å². The van der Waals surface area contributed by atoms with E-state index >= 15 is 0 Å². The molecule has 2 aromatic rings. The van der Waals surface area contributed by atoms with E-state index in [-0.39, 0.29) is 11.2 Å². The zero-order valence-corrected chi connectivity index (χ0v) is 15.1. The van der Waals surface area contributed by atoms with Crippen molar-refractivity contribution >= 4 is 17.5 Å². The van der Waals surface area contributed by atoms with Crippen LogP contribution in [0.5, 0.6) is 5.75 Å². The highest BCUT2D eigenvalue weighted by molar-refractivity contribution is 6.03. The third-order valence-electron chi connectivity index (χ3n) is 4.78. The number of benzene rings is 2. The van der Waals surface area contributed by atoms with Crippen LogP contribution in [0.3, 0.4) is 0 Å². The molecule has 0 unspecified atom stereocenters. The number of hydrogen-bond donors (Lipinski definition) is 0. The Kier molecular flexibility index (Phi) is 4.49. The lowest BCUT2D eigenvalue weighted by Gasteiger charge is -2.23. The van der Waals surface area contributed by atoms with Gasteiger partial charge < -0.3 is 9.64 Å². The van der Waals surface area contributed by atoms with Crippen LogP contribution in [0.2, 0.25) is 0 Å². The molecule has 3 rings (SSSR count).